The van der Waals surface area contributed by atoms with Crippen molar-refractivity contribution >= 4 is 5.91 Å². The predicted molar refractivity (Wildman–Crippen MR) is 68.9 cm³/mol. The van der Waals surface area contributed by atoms with Crippen molar-refractivity contribution in [3.63, 3.8) is 0 Å². The van der Waals surface area contributed by atoms with Crippen molar-refractivity contribution in [1.29, 1.82) is 0 Å². The lowest BCUT2D eigenvalue weighted by molar-refractivity contribution is -0.143. The Kier molecular flexibility index (Phi) is 6.22. The maximum Gasteiger partial charge on any atom is 0.251 e. The third kappa shape index (κ3) is 4.48. The Morgan fingerprint density at radius 3 is 2.82 bits per heavy atom. The average Bonchev–Trinajstić information content (AvgIpc) is 2.38. The molecule has 0 aromatic carbocycles. The Labute approximate surface area is 104 Å². The van der Waals surface area contributed by atoms with Crippen LogP contribution in [-0.2, 0) is 9.53 Å². The largest absolute Gasteiger partial charge is 0.368 e. The van der Waals surface area contributed by atoms with Crippen molar-refractivity contribution in [1.82, 2.24) is 10.2 Å². The molecule has 1 atom stereocenters. The molecule has 1 aliphatic heterocycles. The molecule has 0 bridgehead atoms. The van der Waals surface area contributed by atoms with Crippen LogP contribution >= 0.6 is 0 Å². The number of likely N-dealkylation sites (N-methyl/N-ethyl adjacent to an activating group) is 1. The zero-order valence-corrected chi connectivity index (χ0v) is 10.9. The first-order valence-electron chi connectivity index (χ1n) is 6.36. The molecule has 1 heterocycles. The van der Waals surface area contributed by atoms with Crippen LogP contribution in [0.3, 0.4) is 0 Å². The summed E-state index contributed by atoms with van der Waals surface area (Å²) in [7, 11) is 1.88. The second kappa shape index (κ2) is 7.45. The van der Waals surface area contributed by atoms with E-state index >= 15 is 0 Å². The Bertz CT molecular complexity index is 250. The highest BCUT2D eigenvalue weighted by Crippen LogP contribution is 2.12. The van der Waals surface area contributed by atoms with E-state index in [9.17, 15) is 4.79 Å². The van der Waals surface area contributed by atoms with Crippen LogP contribution in [-0.4, -0.2) is 49.7 Å². The minimum absolute atomic E-state index is 0.0842. The van der Waals surface area contributed by atoms with Crippen molar-refractivity contribution in [3.8, 4) is 0 Å². The molecule has 1 N–H and O–H groups in total. The van der Waals surface area contributed by atoms with Gasteiger partial charge in [-0.25, -0.2) is 0 Å². The Balaban J connectivity index is 2.35. The molecule has 1 fully saturated rings. The lowest BCUT2D eigenvalue weighted by Crippen LogP contribution is -2.47. The van der Waals surface area contributed by atoms with E-state index in [1.165, 1.54) is 0 Å². The molecule has 98 valence electrons. The van der Waals surface area contributed by atoms with Gasteiger partial charge in [0.25, 0.3) is 5.91 Å². The maximum absolute atomic E-state index is 12.1. The van der Waals surface area contributed by atoms with Gasteiger partial charge in [-0.05, 0) is 39.3 Å². The normalized spacial score (nSPS) is 18.7. The van der Waals surface area contributed by atoms with Gasteiger partial charge in [0.05, 0.1) is 6.61 Å². The summed E-state index contributed by atoms with van der Waals surface area (Å²) in [6.07, 6.45) is 4.29. The van der Waals surface area contributed by atoms with Gasteiger partial charge in [0.2, 0.25) is 0 Å². The van der Waals surface area contributed by atoms with Crippen LogP contribution in [0.25, 0.3) is 0 Å². The molecule has 0 aliphatic carbocycles. The molecule has 4 heteroatoms. The molecule has 0 spiro atoms. The number of hydrogen-bond acceptors (Lipinski definition) is 3. The van der Waals surface area contributed by atoms with Gasteiger partial charge < -0.3 is 15.0 Å². The number of amides is 1. The van der Waals surface area contributed by atoms with Crippen LogP contribution in [0.5, 0.6) is 0 Å². The summed E-state index contributed by atoms with van der Waals surface area (Å²) in [5.41, 5.74) is 0. The van der Waals surface area contributed by atoms with Crippen LogP contribution in [0.4, 0.5) is 0 Å². The molecule has 0 aromatic heterocycles. The van der Waals surface area contributed by atoms with Gasteiger partial charge in [-0.1, -0.05) is 6.08 Å². The first kappa shape index (κ1) is 14.2. The molecule has 1 saturated heterocycles. The number of piperidine rings is 1. The van der Waals surface area contributed by atoms with Crippen LogP contribution in [0.2, 0.25) is 0 Å². The summed E-state index contributed by atoms with van der Waals surface area (Å²) in [6, 6.07) is 0.356. The van der Waals surface area contributed by atoms with E-state index in [2.05, 4.69) is 11.9 Å². The number of nitrogens with zero attached hydrogens (tertiary/aromatic N) is 1. The van der Waals surface area contributed by atoms with Crippen molar-refractivity contribution in [2.24, 2.45) is 0 Å². The van der Waals surface area contributed by atoms with E-state index in [0.29, 0.717) is 12.6 Å². The van der Waals surface area contributed by atoms with E-state index in [-0.39, 0.29) is 12.0 Å². The molecule has 0 aromatic rings. The molecule has 1 aliphatic rings. The topological polar surface area (TPSA) is 41.6 Å². The van der Waals surface area contributed by atoms with Crippen LogP contribution < -0.4 is 5.32 Å². The lowest BCUT2D eigenvalue weighted by atomic mass is 10.0. The number of carbonyl (C=O) groups excluding carboxylic acids is 1. The van der Waals surface area contributed by atoms with Crippen molar-refractivity contribution in [2.45, 2.75) is 38.3 Å². The minimum Gasteiger partial charge on any atom is -0.368 e. The molecular formula is C13H24N2O2. The molecule has 1 unspecified atom stereocenters. The number of rotatable bonds is 6. The zero-order valence-electron chi connectivity index (χ0n) is 10.9. The first-order chi connectivity index (χ1) is 8.16. The number of ether oxygens (including phenoxy) is 1. The van der Waals surface area contributed by atoms with E-state index in [1.807, 2.05) is 18.9 Å². The second-order valence-corrected chi connectivity index (χ2v) is 4.52. The summed E-state index contributed by atoms with van der Waals surface area (Å²) < 4.78 is 5.48. The van der Waals surface area contributed by atoms with E-state index in [4.69, 9.17) is 4.74 Å². The van der Waals surface area contributed by atoms with Gasteiger partial charge >= 0.3 is 0 Å². The molecule has 17 heavy (non-hydrogen) atoms. The van der Waals surface area contributed by atoms with Crippen LogP contribution in [0, 0.1) is 0 Å². The van der Waals surface area contributed by atoms with E-state index in [1.54, 1.807) is 6.08 Å². The summed E-state index contributed by atoms with van der Waals surface area (Å²) in [5.74, 6) is 0.0842. The molecule has 0 radical (unpaired) electrons. The van der Waals surface area contributed by atoms with Gasteiger partial charge in [0.1, 0.15) is 6.10 Å². The highest BCUT2D eigenvalue weighted by Gasteiger charge is 2.25. The summed E-state index contributed by atoms with van der Waals surface area (Å²) in [4.78, 5) is 13.9. The third-order valence-corrected chi connectivity index (χ3v) is 3.24. The Morgan fingerprint density at radius 2 is 2.24 bits per heavy atom. The monoisotopic (exact) mass is 240 g/mol. The van der Waals surface area contributed by atoms with Gasteiger partial charge in [-0.2, -0.15) is 0 Å². The van der Waals surface area contributed by atoms with Crippen molar-refractivity contribution < 1.29 is 9.53 Å². The van der Waals surface area contributed by atoms with Gasteiger partial charge in [-0.15, -0.1) is 6.58 Å². The first-order valence-corrected chi connectivity index (χ1v) is 6.36. The fraction of sp³-hybridized carbons (Fsp3) is 0.769. The smallest absolute Gasteiger partial charge is 0.251 e. The standard InChI is InChI=1S/C13H24N2O2/c1-4-5-10-17-11(2)13(16)15(3)12-6-8-14-9-7-12/h4,11-12,14H,1,5-10H2,2-3H3. The zero-order chi connectivity index (χ0) is 12.7. The quantitative estimate of drug-likeness (QED) is 0.560. The highest BCUT2D eigenvalue weighted by atomic mass is 16.5. The van der Waals surface area contributed by atoms with E-state index < -0.39 is 0 Å². The minimum atomic E-state index is -0.352. The Hall–Kier alpha value is -0.870. The summed E-state index contributed by atoms with van der Waals surface area (Å²) >= 11 is 0. The predicted octanol–water partition coefficient (Wildman–Crippen LogP) is 1.18. The maximum atomic E-state index is 12.1. The lowest BCUT2D eigenvalue weighted by Gasteiger charge is -2.33. The molecule has 0 saturated carbocycles. The SMILES string of the molecule is C=CCCOC(C)C(=O)N(C)C1CCNCC1. The third-order valence-electron chi connectivity index (χ3n) is 3.24. The van der Waals surface area contributed by atoms with Crippen LogP contribution in [0.15, 0.2) is 12.7 Å². The highest BCUT2D eigenvalue weighted by molar-refractivity contribution is 5.80. The molecule has 1 amide bonds. The van der Waals surface area contributed by atoms with Crippen LogP contribution in [0.1, 0.15) is 26.2 Å². The van der Waals surface area contributed by atoms with E-state index in [0.717, 1.165) is 32.4 Å². The fourth-order valence-electron chi connectivity index (χ4n) is 2.06. The second-order valence-electron chi connectivity index (χ2n) is 4.52. The molecule has 4 nitrogen and oxygen atoms in total. The van der Waals surface area contributed by atoms with Gasteiger partial charge in [0.15, 0.2) is 0 Å². The van der Waals surface area contributed by atoms with Gasteiger partial charge in [-0.3, -0.25) is 4.79 Å². The molecule has 1 rings (SSSR count). The number of carbonyl (C=O) groups is 1. The number of nitrogens with one attached hydrogen (secondary N) is 1. The fourth-order valence-corrected chi connectivity index (χ4v) is 2.06. The van der Waals surface area contributed by atoms with Gasteiger partial charge in [0, 0.05) is 13.1 Å². The summed E-state index contributed by atoms with van der Waals surface area (Å²) in [5, 5.41) is 3.30. The molecular weight excluding hydrogens is 216 g/mol. The average molecular weight is 240 g/mol. The van der Waals surface area contributed by atoms with Crippen molar-refractivity contribution in [2.75, 3.05) is 26.7 Å². The Morgan fingerprint density at radius 1 is 1.59 bits per heavy atom. The van der Waals surface area contributed by atoms with Crippen molar-refractivity contribution in [3.05, 3.63) is 12.7 Å². The summed E-state index contributed by atoms with van der Waals surface area (Å²) in [6.45, 7) is 8.01. The number of hydrogen-bond donors (Lipinski definition) is 1.